The molecule has 0 aliphatic carbocycles. The first-order valence-electron chi connectivity index (χ1n) is 20.8. The summed E-state index contributed by atoms with van der Waals surface area (Å²) >= 11 is 6.22. The average Bonchev–Trinajstić information content (AvgIpc) is 3.66. The monoisotopic (exact) mass is 812 g/mol. The molecule has 3 atom stereocenters. The SMILES string of the molecule is N#Cc1ccc(OC2CC3CCC(C2)N3C(=O)c2ccc(C#CC3CCN(C4CCN(c5ccc6c(c5)C(=O)N(C5CCC(=O)NC5=O)C6=O)CC4)CC3)cc2)cc1Cl. The van der Waals surface area contributed by atoms with Crippen LogP contribution in [0.15, 0.2) is 60.7 Å². The normalized spacial score (nSPS) is 25.0. The van der Waals surface area contributed by atoms with Crippen molar-refractivity contribution in [3.8, 4) is 23.7 Å². The molecule has 6 heterocycles. The lowest BCUT2D eigenvalue weighted by molar-refractivity contribution is -0.136. The lowest BCUT2D eigenvalue weighted by atomic mass is 9.93. The first-order valence-corrected chi connectivity index (χ1v) is 21.2. The third-order valence-corrected chi connectivity index (χ3v) is 13.5. The first-order chi connectivity index (χ1) is 28.6. The Labute approximate surface area is 348 Å². The number of ether oxygens (including phenoxy) is 1. The highest BCUT2D eigenvalue weighted by atomic mass is 35.5. The maximum Gasteiger partial charge on any atom is 0.262 e. The highest BCUT2D eigenvalue weighted by Gasteiger charge is 2.46. The molecule has 3 aromatic carbocycles. The highest BCUT2D eigenvalue weighted by molar-refractivity contribution is 6.31. The van der Waals surface area contributed by atoms with E-state index < -0.39 is 29.7 Å². The van der Waals surface area contributed by atoms with Crippen LogP contribution in [0.3, 0.4) is 0 Å². The molecular weight excluding hydrogens is 768 g/mol. The van der Waals surface area contributed by atoms with Crippen LogP contribution in [0.1, 0.15) is 106 Å². The molecule has 5 amide bonds. The van der Waals surface area contributed by atoms with Gasteiger partial charge < -0.3 is 19.4 Å². The van der Waals surface area contributed by atoms with Gasteiger partial charge >= 0.3 is 0 Å². The van der Waals surface area contributed by atoms with E-state index in [1.54, 1.807) is 30.3 Å². The number of carbonyl (C=O) groups excluding carboxylic acids is 5. The van der Waals surface area contributed by atoms with E-state index in [4.69, 9.17) is 21.6 Å². The van der Waals surface area contributed by atoms with Gasteiger partial charge in [0.1, 0.15) is 24.0 Å². The molecule has 9 rings (SSSR count). The van der Waals surface area contributed by atoms with Crippen LogP contribution in [0.2, 0.25) is 5.02 Å². The number of benzene rings is 3. The first kappa shape index (κ1) is 38.8. The number of nitrogens with one attached hydrogen (secondary N) is 1. The van der Waals surface area contributed by atoms with Crippen LogP contribution in [0, 0.1) is 29.1 Å². The summed E-state index contributed by atoms with van der Waals surface area (Å²) in [6.07, 6.45) is 7.68. The predicted octanol–water partition coefficient (Wildman–Crippen LogP) is 5.56. The molecule has 0 aromatic heterocycles. The number of anilines is 1. The minimum atomic E-state index is -0.972. The van der Waals surface area contributed by atoms with Gasteiger partial charge in [-0.15, -0.1) is 0 Å². The van der Waals surface area contributed by atoms with Crippen molar-refractivity contribution in [2.45, 2.75) is 94.5 Å². The van der Waals surface area contributed by atoms with Crippen molar-refractivity contribution >= 4 is 46.8 Å². The van der Waals surface area contributed by atoms with E-state index in [2.05, 4.69) is 37.9 Å². The van der Waals surface area contributed by atoms with E-state index in [-0.39, 0.29) is 36.9 Å². The van der Waals surface area contributed by atoms with Gasteiger partial charge in [-0.05, 0) is 113 Å². The van der Waals surface area contributed by atoms with Gasteiger partial charge in [-0.25, -0.2) is 0 Å². The van der Waals surface area contributed by atoms with Crippen molar-refractivity contribution in [1.29, 1.82) is 5.26 Å². The topological polar surface area (TPSA) is 143 Å². The van der Waals surface area contributed by atoms with Gasteiger partial charge in [0, 0.05) is 79.3 Å². The molecule has 6 aliphatic rings. The zero-order valence-corrected chi connectivity index (χ0v) is 33.5. The summed E-state index contributed by atoms with van der Waals surface area (Å²) < 4.78 is 6.25. The van der Waals surface area contributed by atoms with Crippen molar-refractivity contribution in [3.63, 3.8) is 0 Å². The number of carbonyl (C=O) groups is 5. The van der Waals surface area contributed by atoms with Crippen molar-refractivity contribution in [2.75, 3.05) is 31.1 Å². The third-order valence-electron chi connectivity index (χ3n) is 13.1. The second-order valence-electron chi connectivity index (χ2n) is 16.6. The zero-order valence-electron chi connectivity index (χ0n) is 32.7. The van der Waals surface area contributed by atoms with E-state index >= 15 is 0 Å². The summed E-state index contributed by atoms with van der Waals surface area (Å²) in [7, 11) is 0. The quantitative estimate of drug-likeness (QED) is 0.250. The van der Waals surface area contributed by atoms with Crippen LogP contribution >= 0.6 is 11.6 Å². The number of amides is 5. The maximum absolute atomic E-state index is 13.7. The van der Waals surface area contributed by atoms with Gasteiger partial charge in [0.05, 0.1) is 21.7 Å². The van der Waals surface area contributed by atoms with Gasteiger partial charge in [-0.1, -0.05) is 23.4 Å². The minimum Gasteiger partial charge on any atom is -0.490 e. The smallest absolute Gasteiger partial charge is 0.262 e. The number of hydrogen-bond donors (Lipinski definition) is 1. The Bertz CT molecular complexity index is 2300. The van der Waals surface area contributed by atoms with Crippen LogP contribution in [0.25, 0.3) is 0 Å². The summed E-state index contributed by atoms with van der Waals surface area (Å²) in [6.45, 7) is 3.66. The standard InChI is InChI=1S/C46H45ClN6O6/c47-40-26-36(11-7-31(40)27-48)59-37-23-34-8-9-35(24-37)52(34)44(56)30-5-3-28(4-6-30)1-2-29-15-19-50(20-16-29)32-17-21-51(22-18-32)33-10-12-38-39(25-33)46(58)53(45(38)57)41-13-14-42(54)49-43(41)55/h3-7,10-12,25-26,29,32,34-35,37,41H,8-9,13-24H2,(H,49,54,55). The molecule has 0 spiro atoms. The summed E-state index contributed by atoms with van der Waals surface area (Å²) in [4.78, 5) is 72.2. The molecule has 59 heavy (non-hydrogen) atoms. The maximum atomic E-state index is 13.7. The number of imide groups is 2. The fourth-order valence-corrected chi connectivity index (χ4v) is 10.2. The minimum absolute atomic E-state index is 0.00714. The Balaban J connectivity index is 0.734. The summed E-state index contributed by atoms with van der Waals surface area (Å²) in [6, 6.07) is 20.0. The summed E-state index contributed by atoms with van der Waals surface area (Å²) in [5.41, 5.74) is 3.52. The molecule has 5 saturated heterocycles. The third kappa shape index (κ3) is 7.68. The molecule has 0 radical (unpaired) electrons. The number of halogens is 1. The molecule has 5 fully saturated rings. The highest BCUT2D eigenvalue weighted by Crippen LogP contribution is 2.39. The average molecular weight is 813 g/mol. The molecule has 2 bridgehead atoms. The molecule has 1 N–H and O–H groups in total. The van der Waals surface area contributed by atoms with Crippen LogP contribution < -0.4 is 15.0 Å². The van der Waals surface area contributed by atoms with Crippen molar-refractivity contribution < 1.29 is 28.7 Å². The van der Waals surface area contributed by atoms with Gasteiger partial charge in [0.15, 0.2) is 0 Å². The van der Waals surface area contributed by atoms with Crippen molar-refractivity contribution in [2.24, 2.45) is 5.92 Å². The van der Waals surface area contributed by atoms with Gasteiger partial charge in [-0.3, -0.25) is 34.2 Å². The second kappa shape index (κ2) is 16.2. The van der Waals surface area contributed by atoms with E-state index in [1.807, 2.05) is 30.3 Å². The zero-order chi connectivity index (χ0) is 40.8. The number of piperidine rings is 4. The number of rotatable bonds is 6. The van der Waals surface area contributed by atoms with Gasteiger partial charge in [-0.2, -0.15) is 5.26 Å². The number of nitrogens with zero attached hydrogens (tertiary/aromatic N) is 5. The Hall–Kier alpha value is -5.69. The molecule has 0 saturated carbocycles. The summed E-state index contributed by atoms with van der Waals surface area (Å²) in [5.74, 6) is 5.94. The molecule has 3 aromatic rings. The molecule has 302 valence electrons. The van der Waals surface area contributed by atoms with Crippen LogP contribution in [0.5, 0.6) is 5.75 Å². The number of nitriles is 1. The van der Waals surface area contributed by atoms with Crippen molar-refractivity contribution in [1.82, 2.24) is 20.0 Å². The van der Waals surface area contributed by atoms with Gasteiger partial charge in [0.25, 0.3) is 17.7 Å². The molecule has 3 unspecified atom stereocenters. The number of hydrogen-bond acceptors (Lipinski definition) is 9. The van der Waals surface area contributed by atoms with Crippen LogP contribution in [0.4, 0.5) is 5.69 Å². The van der Waals surface area contributed by atoms with Gasteiger partial charge in [0.2, 0.25) is 11.8 Å². The summed E-state index contributed by atoms with van der Waals surface area (Å²) in [5, 5.41) is 11.8. The fourth-order valence-electron chi connectivity index (χ4n) is 9.99. The number of likely N-dealkylation sites (tertiary alicyclic amines) is 1. The fraction of sp³-hybridized carbons (Fsp3) is 0.435. The Morgan fingerprint density at radius 1 is 0.780 bits per heavy atom. The molecule has 13 heteroatoms. The second-order valence-corrected chi connectivity index (χ2v) is 17.0. The van der Waals surface area contributed by atoms with Crippen molar-refractivity contribution in [3.05, 3.63) is 93.5 Å². The number of fused-ring (bicyclic) bond motifs is 3. The lowest BCUT2D eigenvalue weighted by Crippen LogP contribution is -2.54. The molecule has 12 nitrogen and oxygen atoms in total. The Morgan fingerprint density at radius 2 is 1.49 bits per heavy atom. The van der Waals surface area contributed by atoms with E-state index in [9.17, 15) is 24.0 Å². The van der Waals surface area contributed by atoms with Crippen LogP contribution in [-0.2, 0) is 9.59 Å². The Morgan fingerprint density at radius 3 is 2.17 bits per heavy atom. The van der Waals surface area contributed by atoms with E-state index in [1.165, 1.54) is 0 Å². The molecular formula is C46H45ClN6O6. The Kier molecular flexibility index (Phi) is 10.6. The largest absolute Gasteiger partial charge is 0.490 e. The predicted molar refractivity (Wildman–Crippen MR) is 219 cm³/mol. The van der Waals surface area contributed by atoms with Crippen LogP contribution in [-0.4, -0.2) is 101 Å². The lowest BCUT2D eigenvalue weighted by Gasteiger charge is -2.42. The molecule has 6 aliphatic heterocycles. The van der Waals surface area contributed by atoms with E-state index in [0.29, 0.717) is 45.0 Å². The van der Waals surface area contributed by atoms with E-state index in [0.717, 1.165) is 93.7 Å².